The van der Waals surface area contributed by atoms with Crippen molar-refractivity contribution < 1.29 is 5.11 Å². The maximum atomic E-state index is 12.0. The van der Waals surface area contributed by atoms with E-state index in [1.807, 2.05) is 47.6 Å². The van der Waals surface area contributed by atoms with E-state index < -0.39 is 17.1 Å². The zero-order valence-corrected chi connectivity index (χ0v) is 15.5. The molecule has 0 aliphatic heterocycles. The van der Waals surface area contributed by atoms with Gasteiger partial charge in [-0.3, -0.25) is 9.97 Å². The van der Waals surface area contributed by atoms with Gasteiger partial charge < -0.3 is 5.11 Å². The Morgan fingerprint density at radius 1 is 0.880 bits per heavy atom. The molecule has 0 radical (unpaired) electrons. The first-order valence-electron chi connectivity index (χ1n) is 8.11. The normalized spacial score (nSPS) is 12.4. The molecule has 0 spiro atoms. The van der Waals surface area contributed by atoms with Crippen molar-refractivity contribution >= 4 is 0 Å². The molecule has 136 valence electrons. The highest BCUT2D eigenvalue weighted by atomic mass is 16.3. The van der Waals surface area contributed by atoms with E-state index in [1.165, 1.54) is 0 Å². The fourth-order valence-corrected chi connectivity index (χ4v) is 2.83. The molecule has 0 aliphatic carbocycles. The van der Waals surface area contributed by atoms with Gasteiger partial charge in [0.05, 0.1) is 6.54 Å². The minimum atomic E-state index is -0.830. The van der Waals surface area contributed by atoms with Crippen LogP contribution >= 0.6 is 0 Å². The topological polar surface area (TPSA) is 108 Å². The van der Waals surface area contributed by atoms with Gasteiger partial charge in [0.25, 0.3) is 0 Å². The van der Waals surface area contributed by atoms with Crippen molar-refractivity contribution in [2.45, 2.75) is 58.9 Å². The van der Waals surface area contributed by atoms with Gasteiger partial charge in [-0.25, -0.2) is 19.0 Å². The molecule has 3 N–H and O–H groups in total. The third-order valence-electron chi connectivity index (χ3n) is 4.10. The Kier molecular flexibility index (Phi) is 4.55. The lowest BCUT2D eigenvalue weighted by atomic mass is 9.78. The second-order valence-electron chi connectivity index (χ2n) is 8.30. The van der Waals surface area contributed by atoms with E-state index in [0.29, 0.717) is 0 Å². The lowest BCUT2D eigenvalue weighted by Crippen LogP contribution is -2.43. The number of benzene rings is 1. The molecule has 2 aromatic rings. The van der Waals surface area contributed by atoms with Crippen molar-refractivity contribution in [3.8, 4) is 5.75 Å². The quantitative estimate of drug-likeness (QED) is 0.766. The van der Waals surface area contributed by atoms with Crippen LogP contribution in [-0.4, -0.2) is 19.6 Å². The van der Waals surface area contributed by atoms with Crippen LogP contribution in [0.15, 0.2) is 26.5 Å². The average molecular weight is 347 g/mol. The molecular formula is C18H25N3O4. The largest absolute Gasteiger partial charge is 0.508 e. The Bertz CT molecular complexity index is 932. The first-order chi connectivity index (χ1) is 11.3. The van der Waals surface area contributed by atoms with Crippen molar-refractivity contribution in [2.75, 3.05) is 0 Å². The predicted molar refractivity (Wildman–Crippen MR) is 96.6 cm³/mol. The van der Waals surface area contributed by atoms with Gasteiger partial charge in [-0.05, 0) is 39.7 Å². The Morgan fingerprint density at radius 2 is 1.36 bits per heavy atom. The fourth-order valence-electron chi connectivity index (χ4n) is 2.83. The zero-order chi connectivity index (χ0) is 19.2. The molecule has 7 heteroatoms. The fraction of sp³-hybridized carbons (Fsp3) is 0.500. The highest BCUT2D eigenvalue weighted by Gasteiger charge is 2.25. The third kappa shape index (κ3) is 3.92. The van der Waals surface area contributed by atoms with Crippen LogP contribution in [0.25, 0.3) is 0 Å². The van der Waals surface area contributed by atoms with E-state index in [4.69, 9.17) is 0 Å². The zero-order valence-electron chi connectivity index (χ0n) is 15.5. The van der Waals surface area contributed by atoms with Crippen LogP contribution in [0.5, 0.6) is 5.75 Å². The minimum absolute atomic E-state index is 0.000903. The molecule has 0 fully saturated rings. The molecule has 2 rings (SSSR count). The Balaban J connectivity index is 2.73. The molecule has 25 heavy (non-hydrogen) atoms. The summed E-state index contributed by atoms with van der Waals surface area (Å²) in [6.07, 6.45) is 0. The number of aromatic nitrogens is 3. The average Bonchev–Trinajstić information content (AvgIpc) is 2.41. The first-order valence-corrected chi connectivity index (χ1v) is 8.11. The Hall–Kier alpha value is -2.57. The van der Waals surface area contributed by atoms with E-state index in [0.717, 1.165) is 21.3 Å². The van der Waals surface area contributed by atoms with Crippen molar-refractivity contribution in [1.29, 1.82) is 0 Å². The van der Waals surface area contributed by atoms with Gasteiger partial charge in [0.1, 0.15) is 5.75 Å². The summed E-state index contributed by atoms with van der Waals surface area (Å²) >= 11 is 0. The number of aromatic amines is 2. The lowest BCUT2D eigenvalue weighted by Gasteiger charge is -2.28. The Labute approximate surface area is 145 Å². The van der Waals surface area contributed by atoms with E-state index in [2.05, 4.69) is 9.97 Å². The summed E-state index contributed by atoms with van der Waals surface area (Å²) in [5.41, 5.74) is -0.671. The number of phenolic OH excluding ortho intramolecular Hbond substituents is 1. The van der Waals surface area contributed by atoms with Crippen molar-refractivity contribution in [3.63, 3.8) is 0 Å². The van der Waals surface area contributed by atoms with Crippen LogP contribution in [0.3, 0.4) is 0 Å². The summed E-state index contributed by atoms with van der Waals surface area (Å²) in [5.74, 6) is 0.184. The van der Waals surface area contributed by atoms with E-state index in [1.54, 1.807) is 6.07 Å². The standard InChI is InChI=1S/C18H25N3O4/c1-17(2,3)11-8-13(22)12(18(4,5)6)7-10(11)9-21-15(24)19-14(23)20-16(21)25/h7-8,22H,9H2,1-6H3,(H2,19,20,23,24,25). The molecule has 0 bridgehead atoms. The molecular weight excluding hydrogens is 322 g/mol. The smallest absolute Gasteiger partial charge is 0.333 e. The number of rotatable bonds is 2. The van der Waals surface area contributed by atoms with Crippen molar-refractivity contribution in [3.05, 3.63) is 60.3 Å². The van der Waals surface area contributed by atoms with Crippen LogP contribution in [0.2, 0.25) is 0 Å². The summed E-state index contributed by atoms with van der Waals surface area (Å²) in [7, 11) is 0. The van der Waals surface area contributed by atoms with Gasteiger partial charge in [-0.15, -0.1) is 0 Å². The second kappa shape index (κ2) is 6.06. The molecule has 1 aromatic carbocycles. The van der Waals surface area contributed by atoms with Gasteiger partial charge in [-0.1, -0.05) is 41.5 Å². The van der Waals surface area contributed by atoms with E-state index in [-0.39, 0.29) is 23.1 Å². The van der Waals surface area contributed by atoms with Crippen LogP contribution < -0.4 is 17.1 Å². The van der Waals surface area contributed by atoms with E-state index >= 15 is 0 Å². The number of H-pyrrole nitrogens is 2. The number of hydrogen-bond acceptors (Lipinski definition) is 4. The molecule has 1 aromatic heterocycles. The van der Waals surface area contributed by atoms with Crippen molar-refractivity contribution in [2.24, 2.45) is 0 Å². The Morgan fingerprint density at radius 3 is 1.80 bits per heavy atom. The minimum Gasteiger partial charge on any atom is -0.508 e. The van der Waals surface area contributed by atoms with Gasteiger partial charge in [0.2, 0.25) is 0 Å². The number of phenols is 1. The first kappa shape index (κ1) is 18.8. The summed E-state index contributed by atoms with van der Waals surface area (Å²) in [6, 6.07) is 3.52. The van der Waals surface area contributed by atoms with Crippen LogP contribution in [0, 0.1) is 0 Å². The molecule has 0 saturated heterocycles. The van der Waals surface area contributed by atoms with Crippen molar-refractivity contribution in [1.82, 2.24) is 14.5 Å². The molecule has 0 amide bonds. The highest BCUT2D eigenvalue weighted by molar-refractivity contribution is 5.47. The van der Waals surface area contributed by atoms with E-state index in [9.17, 15) is 19.5 Å². The van der Waals surface area contributed by atoms with Crippen LogP contribution in [-0.2, 0) is 17.4 Å². The number of hydrogen-bond donors (Lipinski definition) is 3. The number of nitrogens with zero attached hydrogens (tertiary/aromatic N) is 1. The van der Waals surface area contributed by atoms with Gasteiger partial charge in [0, 0.05) is 0 Å². The number of nitrogens with one attached hydrogen (secondary N) is 2. The summed E-state index contributed by atoms with van der Waals surface area (Å²) in [4.78, 5) is 39.4. The molecule has 0 atom stereocenters. The maximum absolute atomic E-state index is 12.0. The lowest BCUT2D eigenvalue weighted by molar-refractivity contribution is 0.441. The summed E-state index contributed by atoms with van der Waals surface area (Å²) in [6.45, 7) is 11.9. The van der Waals surface area contributed by atoms with Gasteiger partial charge in [0.15, 0.2) is 0 Å². The predicted octanol–water partition coefficient (Wildman–Crippen LogP) is 1.57. The SMILES string of the molecule is CC(C)(C)c1cc(Cn2c(=O)[nH]c(=O)[nH]c2=O)c(C(C)(C)C)cc1O. The molecule has 0 aliphatic rings. The molecule has 1 heterocycles. The van der Waals surface area contributed by atoms with Crippen LogP contribution in [0.1, 0.15) is 58.2 Å². The maximum Gasteiger partial charge on any atom is 0.333 e. The highest BCUT2D eigenvalue weighted by Crippen LogP contribution is 2.37. The second-order valence-corrected chi connectivity index (χ2v) is 8.30. The third-order valence-corrected chi connectivity index (χ3v) is 4.10. The summed E-state index contributed by atoms with van der Waals surface area (Å²) < 4.78 is 0.940. The molecule has 7 nitrogen and oxygen atoms in total. The molecule has 0 unspecified atom stereocenters. The monoisotopic (exact) mass is 347 g/mol. The van der Waals surface area contributed by atoms with Crippen LogP contribution in [0.4, 0.5) is 0 Å². The molecule has 0 saturated carbocycles. The summed E-state index contributed by atoms with van der Waals surface area (Å²) in [5, 5.41) is 10.4. The number of aromatic hydroxyl groups is 1. The van der Waals surface area contributed by atoms with Gasteiger partial charge in [-0.2, -0.15) is 0 Å². The van der Waals surface area contributed by atoms with Gasteiger partial charge >= 0.3 is 17.1 Å².